The van der Waals surface area contributed by atoms with E-state index in [1.807, 2.05) is 0 Å². The van der Waals surface area contributed by atoms with Gasteiger partial charge in [-0.2, -0.15) is 0 Å². The second kappa shape index (κ2) is 11.4. The Hall–Kier alpha value is -6.76. The summed E-state index contributed by atoms with van der Waals surface area (Å²) in [7, 11) is 0. The lowest BCUT2D eigenvalue weighted by atomic mass is 9.81. The fourth-order valence-electron chi connectivity index (χ4n) is 8.99. The van der Waals surface area contributed by atoms with Crippen molar-refractivity contribution in [2.24, 2.45) is 0 Å². The first-order chi connectivity index (χ1) is 25.8. The number of hydrogen-bond acceptors (Lipinski definition) is 0. The minimum Gasteiger partial charge on any atom is -0.0616 e. The molecule has 0 heterocycles. The summed E-state index contributed by atoms with van der Waals surface area (Å²) in [6, 6.07) is 71.9. The third kappa shape index (κ3) is 4.22. The topological polar surface area (TPSA) is 0 Å². The zero-order valence-corrected chi connectivity index (χ0v) is 28.5. The lowest BCUT2D eigenvalue weighted by molar-refractivity contribution is 1.66. The van der Waals surface area contributed by atoms with Crippen LogP contribution in [0.25, 0.3) is 109 Å². The number of benzene rings is 11. The predicted octanol–water partition coefficient (Wildman–Crippen LogP) is 14.8. The lowest BCUT2D eigenvalue weighted by Crippen LogP contribution is -1.95. The molecule has 11 rings (SSSR count). The predicted molar refractivity (Wildman–Crippen MR) is 225 cm³/mol. The molecule has 0 spiro atoms. The summed E-state index contributed by atoms with van der Waals surface area (Å²) < 4.78 is 0. The van der Waals surface area contributed by atoms with Crippen LogP contribution in [0.1, 0.15) is 0 Å². The van der Waals surface area contributed by atoms with Crippen molar-refractivity contribution in [1.82, 2.24) is 0 Å². The van der Waals surface area contributed by atoms with Gasteiger partial charge in [-0.15, -0.1) is 0 Å². The van der Waals surface area contributed by atoms with Gasteiger partial charge in [-0.25, -0.2) is 0 Å². The Labute approximate surface area is 301 Å². The van der Waals surface area contributed by atoms with Gasteiger partial charge in [0.1, 0.15) is 0 Å². The fraction of sp³-hybridized carbons (Fsp3) is 0. The zero-order chi connectivity index (χ0) is 34.2. The van der Waals surface area contributed by atoms with Gasteiger partial charge >= 0.3 is 0 Å². The monoisotopic (exact) mass is 656 g/mol. The first kappa shape index (κ1) is 29.0. The minimum absolute atomic E-state index is 1.25. The molecular formula is C52H32. The van der Waals surface area contributed by atoms with E-state index >= 15 is 0 Å². The van der Waals surface area contributed by atoms with Crippen LogP contribution >= 0.6 is 0 Å². The highest BCUT2D eigenvalue weighted by Crippen LogP contribution is 2.50. The van der Waals surface area contributed by atoms with Crippen molar-refractivity contribution in [3.05, 3.63) is 194 Å². The molecule has 0 N–H and O–H groups in total. The molecule has 0 fully saturated rings. The standard InChI is InChI=1S/C52H32/c1-3-17-35-33(15-1)31-49(43-25-9-5-19-37(35)43)45-29-30-48(40-22-8-7-21-39(40)45)51-46-27-13-11-23-41(46)42-24-12-14-28-47(42)52(51)50-32-34-16-2-4-18-36(34)38-20-6-10-26-44(38)50/h1-32H. The molecule has 0 saturated carbocycles. The number of rotatable bonds is 3. The van der Waals surface area contributed by atoms with Gasteiger partial charge in [0.05, 0.1) is 0 Å². The molecule has 0 unspecified atom stereocenters. The van der Waals surface area contributed by atoms with Crippen molar-refractivity contribution in [1.29, 1.82) is 0 Å². The Kier molecular flexibility index (Phi) is 6.35. The van der Waals surface area contributed by atoms with Gasteiger partial charge in [0.15, 0.2) is 0 Å². The highest BCUT2D eigenvalue weighted by molar-refractivity contribution is 6.28. The Bertz CT molecular complexity index is 3240. The maximum absolute atomic E-state index is 2.43. The average Bonchev–Trinajstić information content (AvgIpc) is 3.22. The molecule has 240 valence electrons. The van der Waals surface area contributed by atoms with Crippen molar-refractivity contribution in [2.75, 3.05) is 0 Å². The van der Waals surface area contributed by atoms with E-state index in [-0.39, 0.29) is 0 Å². The fourth-order valence-corrected chi connectivity index (χ4v) is 8.99. The van der Waals surface area contributed by atoms with Crippen molar-refractivity contribution in [2.45, 2.75) is 0 Å². The van der Waals surface area contributed by atoms with Gasteiger partial charge in [-0.1, -0.05) is 182 Å². The highest BCUT2D eigenvalue weighted by atomic mass is 14.2. The summed E-state index contributed by atoms with van der Waals surface area (Å²) in [6.45, 7) is 0. The summed E-state index contributed by atoms with van der Waals surface area (Å²) >= 11 is 0. The Morgan fingerprint density at radius 2 is 0.462 bits per heavy atom. The Morgan fingerprint density at radius 1 is 0.173 bits per heavy atom. The van der Waals surface area contributed by atoms with Crippen LogP contribution in [0.2, 0.25) is 0 Å². The van der Waals surface area contributed by atoms with Crippen LogP contribution in [0, 0.1) is 0 Å². The van der Waals surface area contributed by atoms with Gasteiger partial charge in [-0.05, 0) is 121 Å². The quantitative estimate of drug-likeness (QED) is 0.166. The van der Waals surface area contributed by atoms with Crippen LogP contribution in [-0.2, 0) is 0 Å². The van der Waals surface area contributed by atoms with Gasteiger partial charge in [0.25, 0.3) is 0 Å². The first-order valence-electron chi connectivity index (χ1n) is 18.1. The van der Waals surface area contributed by atoms with Crippen LogP contribution in [0.15, 0.2) is 194 Å². The van der Waals surface area contributed by atoms with E-state index in [9.17, 15) is 0 Å². The molecule has 0 aromatic heterocycles. The molecule has 0 nitrogen and oxygen atoms in total. The summed E-state index contributed by atoms with van der Waals surface area (Å²) in [6.07, 6.45) is 0. The van der Waals surface area contributed by atoms with Gasteiger partial charge < -0.3 is 0 Å². The van der Waals surface area contributed by atoms with Crippen molar-refractivity contribution in [3.8, 4) is 33.4 Å². The third-order valence-corrected chi connectivity index (χ3v) is 11.2. The minimum atomic E-state index is 1.25. The molecule has 11 aromatic carbocycles. The van der Waals surface area contributed by atoms with Gasteiger partial charge in [0, 0.05) is 0 Å². The molecule has 0 bridgehead atoms. The SMILES string of the molecule is c1ccc2c(c1)cc(-c1ccc(-c3c(-c4cc5ccccc5c5ccccc45)c4ccccc4c4ccccc34)c3ccccc13)c1ccccc12. The normalized spacial score (nSPS) is 11.8. The van der Waals surface area contributed by atoms with Crippen molar-refractivity contribution >= 4 is 75.4 Å². The average molecular weight is 657 g/mol. The third-order valence-electron chi connectivity index (χ3n) is 11.2. The van der Waals surface area contributed by atoms with E-state index in [2.05, 4.69) is 194 Å². The van der Waals surface area contributed by atoms with E-state index in [4.69, 9.17) is 0 Å². The molecule has 0 amide bonds. The van der Waals surface area contributed by atoms with Gasteiger partial charge in [-0.3, -0.25) is 0 Å². The largest absolute Gasteiger partial charge is 0.0616 e. The maximum atomic E-state index is 2.43. The van der Waals surface area contributed by atoms with Crippen LogP contribution in [0.3, 0.4) is 0 Å². The molecule has 52 heavy (non-hydrogen) atoms. The molecule has 11 aromatic rings. The summed E-state index contributed by atoms with van der Waals surface area (Å²) in [4.78, 5) is 0. The number of hydrogen-bond donors (Lipinski definition) is 0. The number of fused-ring (bicyclic) bond motifs is 10. The Morgan fingerprint density at radius 3 is 0.962 bits per heavy atom. The Balaban J connectivity index is 1.30. The summed E-state index contributed by atoms with van der Waals surface area (Å²) in [5.41, 5.74) is 7.59. The highest BCUT2D eigenvalue weighted by Gasteiger charge is 2.22. The van der Waals surface area contributed by atoms with E-state index in [1.165, 1.54) is 109 Å². The van der Waals surface area contributed by atoms with E-state index in [0.717, 1.165) is 0 Å². The smallest absolute Gasteiger partial charge is 0.00137 e. The van der Waals surface area contributed by atoms with Gasteiger partial charge in [0.2, 0.25) is 0 Å². The molecule has 0 aliphatic carbocycles. The summed E-state index contributed by atoms with van der Waals surface area (Å²) in [5.74, 6) is 0. The van der Waals surface area contributed by atoms with Crippen LogP contribution in [-0.4, -0.2) is 0 Å². The van der Waals surface area contributed by atoms with E-state index in [1.54, 1.807) is 0 Å². The second-order valence-electron chi connectivity index (χ2n) is 13.9. The molecule has 0 heteroatoms. The van der Waals surface area contributed by atoms with Crippen molar-refractivity contribution in [3.63, 3.8) is 0 Å². The molecule has 0 atom stereocenters. The summed E-state index contributed by atoms with van der Waals surface area (Å²) in [5, 5.41) is 17.8. The molecule has 0 radical (unpaired) electrons. The zero-order valence-electron chi connectivity index (χ0n) is 28.5. The van der Waals surface area contributed by atoms with E-state index in [0.29, 0.717) is 0 Å². The van der Waals surface area contributed by atoms with Crippen LogP contribution in [0.4, 0.5) is 0 Å². The molecule has 0 saturated heterocycles. The van der Waals surface area contributed by atoms with Crippen molar-refractivity contribution < 1.29 is 0 Å². The molecule has 0 aliphatic heterocycles. The molecule has 0 aliphatic rings. The van der Waals surface area contributed by atoms with Crippen LogP contribution in [0.5, 0.6) is 0 Å². The molecular weight excluding hydrogens is 625 g/mol. The first-order valence-corrected chi connectivity index (χ1v) is 18.1. The lowest BCUT2D eigenvalue weighted by Gasteiger charge is -2.22. The maximum Gasteiger partial charge on any atom is -0.00137 e. The second-order valence-corrected chi connectivity index (χ2v) is 13.9. The van der Waals surface area contributed by atoms with E-state index < -0.39 is 0 Å². The van der Waals surface area contributed by atoms with Crippen LogP contribution < -0.4 is 0 Å².